The molecule has 0 saturated carbocycles. The first kappa shape index (κ1) is 19.7. The van der Waals surface area contributed by atoms with Gasteiger partial charge in [0.1, 0.15) is 5.60 Å². The molecule has 1 fully saturated rings. The predicted molar refractivity (Wildman–Crippen MR) is 97.9 cm³/mol. The van der Waals surface area contributed by atoms with Crippen molar-refractivity contribution in [3.05, 3.63) is 35.9 Å². The maximum Gasteiger partial charge on any atom is 0.410 e. The number of nitrogens with one attached hydrogen (secondary N) is 1. The first-order chi connectivity index (χ1) is 11.5. The van der Waals surface area contributed by atoms with Gasteiger partial charge in [0.05, 0.1) is 6.26 Å². The summed E-state index contributed by atoms with van der Waals surface area (Å²) < 4.78 is 32.0. The van der Waals surface area contributed by atoms with Gasteiger partial charge in [-0.3, -0.25) is 0 Å². The third-order valence-corrected chi connectivity index (χ3v) is 4.96. The van der Waals surface area contributed by atoms with E-state index >= 15 is 0 Å². The molecule has 1 aliphatic rings. The lowest BCUT2D eigenvalue weighted by atomic mass is 9.83. The van der Waals surface area contributed by atoms with E-state index in [4.69, 9.17) is 4.74 Å². The molecule has 1 N–H and O–H groups in total. The maximum atomic E-state index is 12.2. The summed E-state index contributed by atoms with van der Waals surface area (Å²) in [4.78, 5) is 13.9. The van der Waals surface area contributed by atoms with Gasteiger partial charge in [-0.1, -0.05) is 30.3 Å². The van der Waals surface area contributed by atoms with Crippen LogP contribution in [0.2, 0.25) is 0 Å². The summed E-state index contributed by atoms with van der Waals surface area (Å²) in [5.41, 5.74) is -0.0435. The number of hydrogen-bond donors (Lipinski definition) is 1. The van der Waals surface area contributed by atoms with Crippen LogP contribution in [0.25, 0.3) is 0 Å². The van der Waals surface area contributed by atoms with Crippen LogP contribution >= 0.6 is 0 Å². The smallest absolute Gasteiger partial charge is 0.410 e. The molecule has 0 aliphatic carbocycles. The first-order valence-electron chi connectivity index (χ1n) is 8.49. The minimum atomic E-state index is -3.35. The summed E-state index contributed by atoms with van der Waals surface area (Å²) in [6, 6.07) is 9.81. The summed E-state index contributed by atoms with van der Waals surface area (Å²) in [6.45, 7) is 6.42. The van der Waals surface area contributed by atoms with Gasteiger partial charge in [-0.05, 0) is 45.6 Å². The third-order valence-electron chi connectivity index (χ3n) is 4.16. The highest BCUT2D eigenvalue weighted by Crippen LogP contribution is 2.28. The number of carbonyl (C=O) groups is 1. The van der Waals surface area contributed by atoms with Crippen molar-refractivity contribution in [3.8, 4) is 0 Å². The second-order valence-corrected chi connectivity index (χ2v) is 9.53. The molecular formula is C18H28N2O4S. The Morgan fingerprint density at radius 1 is 1.20 bits per heavy atom. The van der Waals surface area contributed by atoms with Crippen LogP contribution in [0.5, 0.6) is 0 Å². The Bertz CT molecular complexity index is 688. The summed E-state index contributed by atoms with van der Waals surface area (Å²) in [5.74, 6) is 0. The molecule has 0 unspecified atom stereocenters. The number of benzene rings is 1. The lowest BCUT2D eigenvalue weighted by Crippen LogP contribution is -2.57. The molecule has 1 heterocycles. The molecule has 1 saturated heterocycles. The van der Waals surface area contributed by atoms with Crippen LogP contribution in [-0.2, 0) is 21.2 Å². The quantitative estimate of drug-likeness (QED) is 0.886. The van der Waals surface area contributed by atoms with Crippen molar-refractivity contribution in [1.82, 2.24) is 9.62 Å². The zero-order valence-electron chi connectivity index (χ0n) is 15.4. The molecule has 0 bridgehead atoms. The van der Waals surface area contributed by atoms with Gasteiger partial charge in [0, 0.05) is 18.6 Å². The molecule has 6 nitrogen and oxygen atoms in total. The van der Waals surface area contributed by atoms with Gasteiger partial charge in [0.25, 0.3) is 0 Å². The van der Waals surface area contributed by atoms with Crippen molar-refractivity contribution in [2.75, 3.05) is 19.3 Å². The van der Waals surface area contributed by atoms with Crippen LogP contribution in [0, 0.1) is 0 Å². The largest absolute Gasteiger partial charge is 0.444 e. The summed E-state index contributed by atoms with van der Waals surface area (Å²) >= 11 is 0. The summed E-state index contributed by atoms with van der Waals surface area (Å²) in [6.07, 6.45) is 2.53. The Morgan fingerprint density at radius 2 is 1.76 bits per heavy atom. The van der Waals surface area contributed by atoms with E-state index in [1.807, 2.05) is 51.1 Å². The van der Waals surface area contributed by atoms with Crippen molar-refractivity contribution in [2.24, 2.45) is 0 Å². The summed E-state index contributed by atoms with van der Waals surface area (Å²) in [5, 5.41) is 0. The molecule has 25 heavy (non-hydrogen) atoms. The molecule has 0 spiro atoms. The highest BCUT2D eigenvalue weighted by molar-refractivity contribution is 7.88. The summed E-state index contributed by atoms with van der Waals surface area (Å²) in [7, 11) is -3.35. The molecule has 1 aliphatic heterocycles. The highest BCUT2D eigenvalue weighted by Gasteiger charge is 2.39. The van der Waals surface area contributed by atoms with Crippen LogP contribution < -0.4 is 4.72 Å². The van der Waals surface area contributed by atoms with E-state index in [-0.39, 0.29) is 6.09 Å². The van der Waals surface area contributed by atoms with Crippen LogP contribution in [0.4, 0.5) is 4.79 Å². The van der Waals surface area contributed by atoms with Crippen molar-refractivity contribution >= 4 is 16.1 Å². The van der Waals surface area contributed by atoms with Crippen molar-refractivity contribution in [2.45, 2.75) is 51.2 Å². The Kier molecular flexibility index (Phi) is 5.79. The number of likely N-dealkylation sites (tertiary alicyclic amines) is 1. The van der Waals surface area contributed by atoms with Crippen molar-refractivity contribution < 1.29 is 17.9 Å². The predicted octanol–water partition coefficient (Wildman–Crippen LogP) is 2.55. The second-order valence-electron chi connectivity index (χ2n) is 7.78. The topological polar surface area (TPSA) is 75.7 Å². The second kappa shape index (κ2) is 7.33. The first-order valence-corrected chi connectivity index (χ1v) is 10.4. The van der Waals surface area contributed by atoms with E-state index in [1.54, 1.807) is 4.90 Å². The highest BCUT2D eigenvalue weighted by atomic mass is 32.2. The third kappa shape index (κ3) is 6.32. The zero-order chi connectivity index (χ0) is 18.7. The standard InChI is InChI=1S/C18H28N2O4S/c1-17(2,3)24-16(21)20-12-10-18(11-13-20,19-25(4,22)23)14-15-8-6-5-7-9-15/h5-9,19H,10-14H2,1-4H3. The van der Waals surface area contributed by atoms with Gasteiger partial charge >= 0.3 is 6.09 Å². The zero-order valence-corrected chi connectivity index (χ0v) is 16.2. The normalized spacial score (nSPS) is 18.0. The van der Waals surface area contributed by atoms with E-state index in [0.717, 1.165) is 5.56 Å². The van der Waals surface area contributed by atoms with Gasteiger partial charge in [-0.2, -0.15) is 0 Å². The van der Waals surface area contributed by atoms with E-state index in [2.05, 4.69) is 4.72 Å². The minimum absolute atomic E-state index is 0.347. The van der Waals surface area contributed by atoms with Gasteiger partial charge < -0.3 is 9.64 Å². The Balaban J connectivity index is 2.11. The fraction of sp³-hybridized carbons (Fsp3) is 0.611. The Morgan fingerprint density at radius 3 is 2.24 bits per heavy atom. The van der Waals surface area contributed by atoms with Crippen molar-refractivity contribution in [3.63, 3.8) is 0 Å². The van der Waals surface area contributed by atoms with Crippen LogP contribution in [0.15, 0.2) is 30.3 Å². The number of sulfonamides is 1. The van der Waals surface area contributed by atoms with Crippen LogP contribution in [0.1, 0.15) is 39.2 Å². The Labute approximate surface area is 150 Å². The lowest BCUT2D eigenvalue weighted by Gasteiger charge is -2.42. The van der Waals surface area contributed by atoms with Crippen LogP contribution in [-0.4, -0.2) is 49.9 Å². The van der Waals surface area contributed by atoms with Crippen molar-refractivity contribution in [1.29, 1.82) is 0 Å². The number of rotatable bonds is 4. The average molecular weight is 368 g/mol. The van der Waals surface area contributed by atoms with E-state index in [9.17, 15) is 13.2 Å². The van der Waals surface area contributed by atoms with Gasteiger partial charge in [0.2, 0.25) is 10.0 Å². The molecule has 1 aromatic carbocycles. The number of carbonyl (C=O) groups excluding carboxylic acids is 1. The molecule has 1 amide bonds. The van der Waals surface area contributed by atoms with E-state index in [0.29, 0.717) is 32.4 Å². The molecule has 0 aromatic heterocycles. The van der Waals surface area contributed by atoms with Gasteiger partial charge in [-0.25, -0.2) is 17.9 Å². The maximum absolute atomic E-state index is 12.2. The fourth-order valence-electron chi connectivity index (χ4n) is 3.14. The molecule has 1 aromatic rings. The molecule has 0 radical (unpaired) electrons. The molecule has 2 rings (SSSR count). The number of hydrogen-bond acceptors (Lipinski definition) is 4. The van der Waals surface area contributed by atoms with Crippen LogP contribution in [0.3, 0.4) is 0 Å². The molecule has 7 heteroatoms. The van der Waals surface area contributed by atoms with E-state index < -0.39 is 21.2 Å². The van der Waals surface area contributed by atoms with Gasteiger partial charge in [-0.15, -0.1) is 0 Å². The average Bonchev–Trinajstić information content (AvgIpc) is 2.45. The number of piperidine rings is 1. The Hall–Kier alpha value is -1.60. The monoisotopic (exact) mass is 368 g/mol. The SMILES string of the molecule is CC(C)(C)OC(=O)N1CCC(Cc2ccccc2)(NS(C)(=O)=O)CC1. The lowest BCUT2D eigenvalue weighted by molar-refractivity contribution is 0.0161. The molecule has 0 atom stereocenters. The van der Waals surface area contributed by atoms with Gasteiger partial charge in [0.15, 0.2) is 0 Å². The number of nitrogens with zero attached hydrogens (tertiary/aromatic N) is 1. The number of ether oxygens (including phenoxy) is 1. The number of amides is 1. The molecule has 140 valence electrons. The van der Waals surface area contributed by atoms with E-state index in [1.165, 1.54) is 6.26 Å². The molecular weight excluding hydrogens is 340 g/mol. The fourth-order valence-corrected chi connectivity index (χ4v) is 4.20. The minimum Gasteiger partial charge on any atom is -0.444 e.